The maximum atomic E-state index is 11.6. The van der Waals surface area contributed by atoms with Gasteiger partial charge >= 0.3 is 23.6 Å². The molecular weight excluding hydrogens is 376 g/mol. The third kappa shape index (κ3) is 8.44. The third-order valence-electron chi connectivity index (χ3n) is 4.50. The molecule has 156 valence electrons. The van der Waals surface area contributed by atoms with Gasteiger partial charge in [0, 0.05) is 67.8 Å². The molecule has 11 heteroatoms. The van der Waals surface area contributed by atoms with Crippen LogP contribution in [0.1, 0.15) is 25.7 Å². The molecule has 0 saturated heterocycles. The fourth-order valence-corrected chi connectivity index (χ4v) is 6.32. The summed E-state index contributed by atoms with van der Waals surface area (Å²) in [4.78, 5) is 13.3. The summed E-state index contributed by atoms with van der Waals surface area (Å²) in [6.45, 7) is 1.19. The second-order valence-electron chi connectivity index (χ2n) is 5.83. The van der Waals surface area contributed by atoms with Crippen molar-refractivity contribution < 1.29 is 31.4 Å². The molecule has 0 radical (unpaired) electrons. The summed E-state index contributed by atoms with van der Waals surface area (Å²) < 4.78 is 32.3. The lowest BCUT2D eigenvalue weighted by molar-refractivity contribution is 0.122. The molecule has 0 fully saturated rings. The first-order chi connectivity index (χ1) is 12.4. The van der Waals surface area contributed by atoms with E-state index in [2.05, 4.69) is 0 Å². The number of nitrogens with zero attached hydrogens (tertiary/aromatic N) is 1. The second kappa shape index (κ2) is 13.6. The average molecular weight is 413 g/mol. The Morgan fingerprint density at radius 1 is 0.692 bits per heavy atom. The van der Waals surface area contributed by atoms with Crippen molar-refractivity contribution in [3.63, 3.8) is 0 Å². The Balaban J connectivity index is 4.25. The Kier molecular flexibility index (Phi) is 13.3. The van der Waals surface area contributed by atoms with Gasteiger partial charge in [-0.15, -0.1) is 0 Å². The van der Waals surface area contributed by atoms with Crippen molar-refractivity contribution in [1.29, 1.82) is 0 Å². The molecule has 0 spiro atoms. The first-order valence-corrected chi connectivity index (χ1v) is 12.6. The molecule has 0 saturated carbocycles. The zero-order valence-electron chi connectivity index (χ0n) is 17.0. The quantitative estimate of drug-likeness (QED) is 0.304. The summed E-state index contributed by atoms with van der Waals surface area (Å²) in [5, 5.41) is 0. The second-order valence-corrected chi connectivity index (χ2v) is 12.0. The van der Waals surface area contributed by atoms with E-state index in [-0.39, 0.29) is 0 Å². The molecule has 2 N–H and O–H groups in total. The van der Waals surface area contributed by atoms with E-state index >= 15 is 0 Å². The summed E-state index contributed by atoms with van der Waals surface area (Å²) >= 11 is 0. The fraction of sp³-hybridized carbons (Fsp3) is 0.933. The largest absolute Gasteiger partial charge is 0.500 e. The predicted octanol–water partition coefficient (Wildman–Crippen LogP) is 1.68. The first-order valence-electron chi connectivity index (χ1n) is 8.73. The number of carbonyl (C=O) groups excluding carboxylic acids is 1. The van der Waals surface area contributed by atoms with Crippen LogP contribution >= 0.6 is 0 Å². The Bertz CT molecular complexity index is 338. The molecule has 0 heterocycles. The van der Waals surface area contributed by atoms with Gasteiger partial charge in [0.15, 0.2) is 0 Å². The van der Waals surface area contributed by atoms with E-state index in [4.69, 9.17) is 32.3 Å². The minimum Gasteiger partial charge on any atom is -0.377 e. The summed E-state index contributed by atoms with van der Waals surface area (Å²) in [5.74, 6) is 0. The molecule has 0 aliphatic heterocycles. The van der Waals surface area contributed by atoms with Crippen LogP contribution in [0.2, 0.25) is 12.1 Å². The Hall–Kier alpha value is -0.536. The minimum absolute atomic E-state index is 0.410. The molecule has 0 bridgehead atoms. The lowest BCUT2D eigenvalue weighted by Crippen LogP contribution is -2.43. The SMILES string of the molecule is CO[Si](CCCCN(CCCC[Si](OC)(OC)OC)C(N)=O)(OC)OC. The monoisotopic (exact) mass is 412 g/mol. The van der Waals surface area contributed by atoms with Gasteiger partial charge in [0.05, 0.1) is 0 Å². The van der Waals surface area contributed by atoms with Crippen molar-refractivity contribution in [2.24, 2.45) is 5.73 Å². The zero-order chi connectivity index (χ0) is 20.1. The fourth-order valence-electron chi connectivity index (χ4n) is 2.73. The maximum Gasteiger partial charge on any atom is 0.500 e. The lowest BCUT2D eigenvalue weighted by atomic mass is 10.3. The Labute approximate surface area is 159 Å². The van der Waals surface area contributed by atoms with Crippen molar-refractivity contribution in [2.75, 3.05) is 55.7 Å². The van der Waals surface area contributed by atoms with E-state index in [0.29, 0.717) is 25.2 Å². The van der Waals surface area contributed by atoms with Crippen molar-refractivity contribution in [2.45, 2.75) is 37.8 Å². The van der Waals surface area contributed by atoms with Crippen LogP contribution in [-0.2, 0) is 26.6 Å². The van der Waals surface area contributed by atoms with Gasteiger partial charge in [0.1, 0.15) is 0 Å². The van der Waals surface area contributed by atoms with Crippen LogP contribution in [0.4, 0.5) is 4.79 Å². The maximum absolute atomic E-state index is 11.6. The summed E-state index contributed by atoms with van der Waals surface area (Å²) in [7, 11) is 4.47. The number of unbranched alkanes of at least 4 members (excludes halogenated alkanes) is 2. The van der Waals surface area contributed by atoms with Gasteiger partial charge in [0.25, 0.3) is 0 Å². The molecule has 26 heavy (non-hydrogen) atoms. The molecule has 2 amide bonds. The highest BCUT2D eigenvalue weighted by Crippen LogP contribution is 2.18. The van der Waals surface area contributed by atoms with Gasteiger partial charge in [-0.1, -0.05) is 0 Å². The lowest BCUT2D eigenvalue weighted by Gasteiger charge is -2.26. The van der Waals surface area contributed by atoms with E-state index in [0.717, 1.165) is 25.7 Å². The van der Waals surface area contributed by atoms with Crippen molar-refractivity contribution in [1.82, 2.24) is 4.90 Å². The molecule has 0 aromatic rings. The number of nitrogens with two attached hydrogens (primary N) is 1. The third-order valence-corrected chi connectivity index (χ3v) is 10.2. The van der Waals surface area contributed by atoms with Gasteiger partial charge in [-0.05, 0) is 25.7 Å². The Morgan fingerprint density at radius 2 is 1.00 bits per heavy atom. The number of primary amides is 1. The molecule has 0 unspecified atom stereocenters. The highest BCUT2D eigenvalue weighted by Gasteiger charge is 2.37. The molecule has 0 atom stereocenters. The van der Waals surface area contributed by atoms with Crippen LogP contribution < -0.4 is 5.73 Å². The van der Waals surface area contributed by atoms with Gasteiger partial charge in [0.2, 0.25) is 0 Å². The highest BCUT2D eigenvalue weighted by molar-refractivity contribution is 6.60. The molecular formula is C15H36N2O7Si2. The molecule has 0 rings (SSSR count). The highest BCUT2D eigenvalue weighted by atomic mass is 28.4. The predicted molar refractivity (Wildman–Crippen MR) is 103 cm³/mol. The van der Waals surface area contributed by atoms with Crippen LogP contribution in [0.15, 0.2) is 0 Å². The summed E-state index contributed by atoms with van der Waals surface area (Å²) in [5.41, 5.74) is 5.49. The van der Waals surface area contributed by atoms with E-state index in [1.54, 1.807) is 47.6 Å². The topological polar surface area (TPSA) is 102 Å². The normalized spacial score (nSPS) is 12.4. The molecule has 0 aromatic carbocycles. The molecule has 0 aliphatic rings. The number of rotatable bonds is 16. The number of amides is 2. The number of carbonyl (C=O) groups is 1. The van der Waals surface area contributed by atoms with Gasteiger partial charge < -0.3 is 37.2 Å². The number of urea groups is 1. The van der Waals surface area contributed by atoms with E-state index in [9.17, 15) is 4.79 Å². The number of hydrogen-bond donors (Lipinski definition) is 1. The van der Waals surface area contributed by atoms with Crippen LogP contribution in [-0.4, -0.2) is 84.3 Å². The van der Waals surface area contributed by atoms with E-state index in [1.807, 2.05) is 0 Å². The van der Waals surface area contributed by atoms with Gasteiger partial charge in [-0.2, -0.15) is 0 Å². The van der Waals surface area contributed by atoms with Crippen molar-refractivity contribution in [3.05, 3.63) is 0 Å². The molecule has 0 aromatic heterocycles. The van der Waals surface area contributed by atoms with Crippen LogP contribution in [0.25, 0.3) is 0 Å². The van der Waals surface area contributed by atoms with Crippen molar-refractivity contribution >= 4 is 23.6 Å². The zero-order valence-corrected chi connectivity index (χ0v) is 19.0. The summed E-state index contributed by atoms with van der Waals surface area (Å²) in [6, 6.07) is 0.993. The van der Waals surface area contributed by atoms with Crippen LogP contribution in [0.5, 0.6) is 0 Å². The Morgan fingerprint density at radius 3 is 1.23 bits per heavy atom. The molecule has 0 aliphatic carbocycles. The summed E-state index contributed by atoms with van der Waals surface area (Å²) in [6.07, 6.45) is 3.28. The van der Waals surface area contributed by atoms with E-state index in [1.165, 1.54) is 0 Å². The minimum atomic E-state index is -2.55. The first kappa shape index (κ1) is 25.5. The van der Waals surface area contributed by atoms with Gasteiger partial charge in [-0.25, -0.2) is 4.79 Å². The average Bonchev–Trinajstić information content (AvgIpc) is 2.67. The smallest absolute Gasteiger partial charge is 0.377 e. The molecule has 9 nitrogen and oxygen atoms in total. The van der Waals surface area contributed by atoms with E-state index < -0.39 is 23.6 Å². The van der Waals surface area contributed by atoms with Crippen molar-refractivity contribution in [3.8, 4) is 0 Å². The standard InChI is InChI=1S/C15H36N2O7Si2/c1-19-25(20-2,21-3)13-9-7-11-17(15(16)18)12-8-10-14-26(22-4,23-5)24-6/h7-14H2,1-6H3,(H2,16,18). The van der Waals surface area contributed by atoms with Crippen LogP contribution in [0, 0.1) is 0 Å². The van der Waals surface area contributed by atoms with Crippen LogP contribution in [0.3, 0.4) is 0 Å². The van der Waals surface area contributed by atoms with Gasteiger partial charge in [-0.3, -0.25) is 0 Å². The number of hydrogen-bond acceptors (Lipinski definition) is 7.